The Hall–Kier alpha value is -2.26. The number of carbonyl (C=O) groups is 1. The van der Waals surface area contributed by atoms with Crippen molar-refractivity contribution < 1.29 is 22.3 Å². The maximum atomic E-state index is 13.8. The van der Waals surface area contributed by atoms with Gasteiger partial charge in [-0.2, -0.15) is 5.10 Å². The fourth-order valence-corrected chi connectivity index (χ4v) is 3.83. The monoisotopic (exact) mass is 399 g/mol. The number of hydrogen-bond acceptors (Lipinski definition) is 6. The van der Waals surface area contributed by atoms with Gasteiger partial charge < -0.3 is 4.74 Å². The molecule has 0 atom stereocenters. The predicted molar refractivity (Wildman–Crippen MR) is 92.1 cm³/mol. The maximum Gasteiger partial charge on any atom is 0.285 e. The molecule has 1 aliphatic rings. The third-order valence-corrected chi connectivity index (χ3v) is 5.37. The summed E-state index contributed by atoms with van der Waals surface area (Å²) in [6.45, 7) is 0. The molecule has 1 N–H and O–H groups in total. The molecule has 1 amide bonds. The molecule has 1 aromatic carbocycles. The van der Waals surface area contributed by atoms with E-state index in [2.05, 4.69) is 10.2 Å². The van der Waals surface area contributed by atoms with E-state index >= 15 is 0 Å². The van der Waals surface area contributed by atoms with E-state index in [0.29, 0.717) is 11.4 Å². The molecule has 10 heteroatoms. The highest BCUT2D eigenvalue weighted by atomic mass is 35.5. The van der Waals surface area contributed by atoms with E-state index in [4.69, 9.17) is 16.3 Å². The molecule has 0 unspecified atom stereocenters. The molecule has 0 saturated heterocycles. The van der Waals surface area contributed by atoms with E-state index in [0.717, 1.165) is 18.9 Å². The third kappa shape index (κ3) is 4.10. The summed E-state index contributed by atoms with van der Waals surface area (Å²) in [5, 5.41) is 7.69. The SMILES string of the molecule is COc1cc(C(=O)NS(=O)(=O)Cc2c(F)cccc2Cl)nnc1C1CC1. The highest BCUT2D eigenvalue weighted by Gasteiger charge is 2.30. The van der Waals surface area contributed by atoms with Crippen LogP contribution in [0.3, 0.4) is 0 Å². The Kier molecular flexibility index (Phi) is 5.10. The van der Waals surface area contributed by atoms with E-state index in [9.17, 15) is 17.6 Å². The van der Waals surface area contributed by atoms with Crippen LogP contribution in [0.5, 0.6) is 5.75 Å². The van der Waals surface area contributed by atoms with Crippen molar-refractivity contribution in [2.45, 2.75) is 24.5 Å². The summed E-state index contributed by atoms with van der Waals surface area (Å²) in [5.41, 5.74) is 0.210. The zero-order chi connectivity index (χ0) is 18.9. The summed E-state index contributed by atoms with van der Waals surface area (Å²) in [6.07, 6.45) is 1.93. The molecule has 3 rings (SSSR count). The standard InChI is InChI=1S/C16H15ClFN3O4S/c1-25-14-7-13(19-20-15(14)9-5-6-9)16(22)21-26(23,24)8-10-11(17)3-2-4-12(10)18/h2-4,7,9H,5-6,8H2,1H3,(H,21,22). The number of amides is 1. The Labute approximate surface area is 154 Å². The van der Waals surface area contributed by atoms with Gasteiger partial charge in [-0.15, -0.1) is 5.10 Å². The fraction of sp³-hybridized carbons (Fsp3) is 0.312. The van der Waals surface area contributed by atoms with Gasteiger partial charge in [-0.3, -0.25) is 4.79 Å². The van der Waals surface area contributed by atoms with E-state index in [1.54, 1.807) is 0 Å². The zero-order valence-corrected chi connectivity index (χ0v) is 15.3. The average Bonchev–Trinajstić information content (AvgIpc) is 3.42. The van der Waals surface area contributed by atoms with Gasteiger partial charge in [0.25, 0.3) is 5.91 Å². The first-order chi connectivity index (χ1) is 12.3. The molecule has 1 heterocycles. The van der Waals surface area contributed by atoms with E-state index in [-0.39, 0.29) is 22.2 Å². The largest absolute Gasteiger partial charge is 0.495 e. The number of nitrogens with one attached hydrogen (secondary N) is 1. The van der Waals surface area contributed by atoms with Gasteiger partial charge in [-0.05, 0) is 25.0 Å². The van der Waals surface area contributed by atoms with Crippen molar-refractivity contribution in [2.24, 2.45) is 0 Å². The van der Waals surface area contributed by atoms with E-state index < -0.39 is 27.5 Å². The van der Waals surface area contributed by atoms with Gasteiger partial charge in [-0.1, -0.05) is 17.7 Å². The Balaban J connectivity index is 1.78. The topological polar surface area (TPSA) is 98.2 Å². The second-order valence-electron chi connectivity index (χ2n) is 5.85. The number of methoxy groups -OCH3 is 1. The molecule has 1 aliphatic carbocycles. The number of nitrogens with zero attached hydrogens (tertiary/aromatic N) is 2. The number of hydrogen-bond donors (Lipinski definition) is 1. The Morgan fingerprint density at radius 3 is 2.73 bits per heavy atom. The van der Waals surface area contributed by atoms with Gasteiger partial charge in [-0.25, -0.2) is 17.5 Å². The number of ether oxygens (including phenoxy) is 1. The van der Waals surface area contributed by atoms with Crippen molar-refractivity contribution in [1.82, 2.24) is 14.9 Å². The lowest BCUT2D eigenvalue weighted by atomic mass is 10.2. The first-order valence-corrected chi connectivity index (χ1v) is 9.73. The van der Waals surface area contributed by atoms with E-state index in [1.165, 1.54) is 25.3 Å². The van der Waals surface area contributed by atoms with Crippen molar-refractivity contribution in [2.75, 3.05) is 7.11 Å². The lowest BCUT2D eigenvalue weighted by molar-refractivity contribution is 0.0975. The number of benzene rings is 1. The van der Waals surface area contributed by atoms with Gasteiger partial charge >= 0.3 is 0 Å². The minimum atomic E-state index is -4.19. The lowest BCUT2D eigenvalue weighted by Crippen LogP contribution is -2.32. The second-order valence-corrected chi connectivity index (χ2v) is 7.98. The number of rotatable bonds is 6. The number of sulfonamides is 1. The summed E-state index contributed by atoms with van der Waals surface area (Å²) >= 11 is 5.83. The molecule has 0 aliphatic heterocycles. The Bertz CT molecular complexity index is 944. The third-order valence-electron chi connectivity index (χ3n) is 3.85. The predicted octanol–water partition coefficient (Wildman–Crippen LogP) is 2.41. The van der Waals surface area contributed by atoms with Crippen LogP contribution in [0.1, 0.15) is 40.5 Å². The number of carbonyl (C=O) groups excluding carboxylic acids is 1. The highest BCUT2D eigenvalue weighted by Crippen LogP contribution is 2.42. The van der Waals surface area contributed by atoms with E-state index in [1.807, 2.05) is 4.72 Å². The van der Waals surface area contributed by atoms with Crippen LogP contribution in [0.15, 0.2) is 24.3 Å². The fourth-order valence-electron chi connectivity index (χ4n) is 2.39. The Morgan fingerprint density at radius 2 is 2.12 bits per heavy atom. The molecular formula is C16H15ClFN3O4S. The molecule has 1 saturated carbocycles. The zero-order valence-electron chi connectivity index (χ0n) is 13.7. The van der Waals surface area contributed by atoms with Crippen LogP contribution in [0.25, 0.3) is 0 Å². The van der Waals surface area contributed by atoms with Gasteiger partial charge in [0, 0.05) is 22.6 Å². The molecule has 138 valence electrons. The van der Waals surface area contributed by atoms with Gasteiger partial charge in [0.05, 0.1) is 12.9 Å². The molecular weight excluding hydrogens is 385 g/mol. The average molecular weight is 400 g/mol. The van der Waals surface area contributed by atoms with Crippen LogP contribution in [0, 0.1) is 5.82 Å². The first kappa shape index (κ1) is 18.5. The molecule has 1 aromatic heterocycles. The van der Waals surface area contributed by atoms with Crippen molar-refractivity contribution in [3.05, 3.63) is 52.1 Å². The smallest absolute Gasteiger partial charge is 0.285 e. The van der Waals surface area contributed by atoms with Crippen molar-refractivity contribution >= 4 is 27.5 Å². The molecule has 7 nitrogen and oxygen atoms in total. The van der Waals surface area contributed by atoms with Crippen molar-refractivity contribution in [3.63, 3.8) is 0 Å². The lowest BCUT2D eigenvalue weighted by Gasteiger charge is -2.10. The number of aromatic nitrogens is 2. The Morgan fingerprint density at radius 1 is 1.38 bits per heavy atom. The first-order valence-electron chi connectivity index (χ1n) is 7.70. The van der Waals surface area contributed by atoms with Crippen molar-refractivity contribution in [3.8, 4) is 5.75 Å². The van der Waals surface area contributed by atoms with Crippen LogP contribution >= 0.6 is 11.6 Å². The molecule has 0 spiro atoms. The second kappa shape index (κ2) is 7.16. The minimum Gasteiger partial charge on any atom is -0.495 e. The van der Waals surface area contributed by atoms with Gasteiger partial charge in [0.1, 0.15) is 17.3 Å². The van der Waals surface area contributed by atoms with Crippen LogP contribution in [0.4, 0.5) is 4.39 Å². The minimum absolute atomic E-state index is 0.0435. The molecule has 2 aromatic rings. The molecule has 26 heavy (non-hydrogen) atoms. The maximum absolute atomic E-state index is 13.8. The van der Waals surface area contributed by atoms with Crippen molar-refractivity contribution in [1.29, 1.82) is 0 Å². The van der Waals surface area contributed by atoms with Gasteiger partial charge in [0.15, 0.2) is 5.69 Å². The van der Waals surface area contributed by atoms with Crippen LogP contribution in [0.2, 0.25) is 5.02 Å². The van der Waals surface area contributed by atoms with Crippen LogP contribution < -0.4 is 9.46 Å². The summed E-state index contributed by atoms with van der Waals surface area (Å²) in [4.78, 5) is 12.2. The summed E-state index contributed by atoms with van der Waals surface area (Å²) < 4.78 is 45.2. The highest BCUT2D eigenvalue weighted by molar-refractivity contribution is 7.89. The van der Waals surface area contributed by atoms with Gasteiger partial charge in [0.2, 0.25) is 10.0 Å². The summed E-state index contributed by atoms with van der Waals surface area (Å²) in [6, 6.07) is 5.15. The molecule has 1 fully saturated rings. The summed E-state index contributed by atoms with van der Waals surface area (Å²) in [7, 11) is -2.76. The normalized spacial score (nSPS) is 14.1. The summed E-state index contributed by atoms with van der Waals surface area (Å²) in [5.74, 6) is -1.91. The van der Waals surface area contributed by atoms with Crippen LogP contribution in [-0.4, -0.2) is 31.6 Å². The molecule has 0 bridgehead atoms. The molecule has 0 radical (unpaired) electrons. The van der Waals surface area contributed by atoms with Crippen LogP contribution in [-0.2, 0) is 15.8 Å². The quantitative estimate of drug-likeness (QED) is 0.801. The number of halogens is 2.